The molecule has 308 valence electrons. The zero-order valence-corrected chi connectivity index (χ0v) is 35.4. The van der Waals surface area contributed by atoms with Crippen LogP contribution in [0, 0.1) is 6.92 Å². The van der Waals surface area contributed by atoms with Crippen LogP contribution in [0.5, 0.6) is 11.5 Å². The summed E-state index contributed by atoms with van der Waals surface area (Å²) >= 11 is 0. The number of hydrogen-bond acceptors (Lipinski definition) is 8. The molecular weight excluding hydrogens is 771 g/mol. The number of carbonyl (C=O) groups excluding carboxylic acids is 2. The number of nitrogens with zero attached hydrogens (tertiary/aromatic N) is 2. The first kappa shape index (κ1) is 42.4. The standard InChI is InChI=1S/C45H50FN6O6P/c1-28-8-9-30(27-56-36-20-16-34(17-21-36)47-41(53)49-39-23-37(57-51-39)43(2,3)4)22-31(28)25-44(5,6)38-24-40(52-58-38)50-42(54)48-33-14-18-35(19-15-33)55-26-29-10-12-32(13-11-29)45(7,46)59/h8-24H,25-27,59H2,1-7H3,(H2,47,49,51,53)(H2,48,50,52,54). The van der Waals surface area contributed by atoms with E-state index < -0.39 is 22.9 Å². The van der Waals surface area contributed by atoms with Gasteiger partial charge in [-0.3, -0.25) is 10.6 Å². The van der Waals surface area contributed by atoms with Crippen LogP contribution in [0.4, 0.5) is 37.0 Å². The van der Waals surface area contributed by atoms with Crippen LogP contribution in [0.15, 0.2) is 112 Å². The van der Waals surface area contributed by atoms with E-state index >= 15 is 0 Å². The van der Waals surface area contributed by atoms with Gasteiger partial charge in [0, 0.05) is 34.3 Å². The Morgan fingerprint density at radius 1 is 0.644 bits per heavy atom. The van der Waals surface area contributed by atoms with Crippen LogP contribution in [-0.4, -0.2) is 22.4 Å². The Morgan fingerprint density at radius 2 is 1.12 bits per heavy atom. The van der Waals surface area contributed by atoms with E-state index in [4.69, 9.17) is 18.5 Å². The maximum absolute atomic E-state index is 14.1. The van der Waals surface area contributed by atoms with Crippen molar-refractivity contribution in [1.82, 2.24) is 10.3 Å². The number of urea groups is 2. The molecule has 2 heterocycles. The van der Waals surface area contributed by atoms with Crippen LogP contribution in [0.1, 0.15) is 80.9 Å². The normalized spacial score (nSPS) is 12.6. The van der Waals surface area contributed by atoms with Crippen LogP contribution < -0.4 is 30.7 Å². The number of rotatable bonds is 14. The van der Waals surface area contributed by atoms with Gasteiger partial charge in [0.1, 0.15) is 41.6 Å². The van der Waals surface area contributed by atoms with E-state index in [9.17, 15) is 14.0 Å². The largest absolute Gasteiger partial charge is 0.489 e. The van der Waals surface area contributed by atoms with Gasteiger partial charge in [-0.05, 0) is 96.6 Å². The van der Waals surface area contributed by atoms with Crippen LogP contribution in [0.25, 0.3) is 0 Å². The molecular formula is C45H50FN6O6P. The number of amides is 4. The Bertz CT molecular complexity index is 2360. The van der Waals surface area contributed by atoms with Crippen LogP contribution >= 0.6 is 9.24 Å². The third-order valence-corrected chi connectivity index (χ3v) is 9.84. The molecule has 0 spiro atoms. The van der Waals surface area contributed by atoms with Gasteiger partial charge in [0.25, 0.3) is 0 Å². The van der Waals surface area contributed by atoms with Crippen molar-refractivity contribution in [2.75, 3.05) is 21.3 Å². The summed E-state index contributed by atoms with van der Waals surface area (Å²) in [4.78, 5) is 25.3. The molecule has 6 aromatic rings. The Balaban J connectivity index is 0.961. The molecule has 0 aliphatic carbocycles. The van der Waals surface area contributed by atoms with Crippen molar-refractivity contribution in [3.63, 3.8) is 0 Å². The molecule has 0 radical (unpaired) electrons. The summed E-state index contributed by atoms with van der Waals surface area (Å²) in [5.41, 5.74) is 5.22. The van der Waals surface area contributed by atoms with Crippen molar-refractivity contribution in [2.24, 2.45) is 0 Å². The number of benzene rings is 4. The minimum atomic E-state index is -1.48. The first-order valence-electron chi connectivity index (χ1n) is 19.1. The monoisotopic (exact) mass is 820 g/mol. The van der Waals surface area contributed by atoms with Gasteiger partial charge in [0.2, 0.25) is 0 Å². The molecule has 4 N–H and O–H groups in total. The highest BCUT2D eigenvalue weighted by Crippen LogP contribution is 2.33. The molecule has 6 rings (SSSR count). The minimum Gasteiger partial charge on any atom is -0.489 e. The van der Waals surface area contributed by atoms with Gasteiger partial charge >= 0.3 is 12.1 Å². The minimum absolute atomic E-state index is 0.220. The smallest absolute Gasteiger partial charge is 0.324 e. The van der Waals surface area contributed by atoms with Crippen molar-refractivity contribution >= 4 is 44.3 Å². The molecule has 4 amide bonds. The highest BCUT2D eigenvalue weighted by atomic mass is 31.0. The topological polar surface area (TPSA) is 153 Å². The van der Waals surface area contributed by atoms with Crippen molar-refractivity contribution in [3.8, 4) is 11.5 Å². The molecule has 0 saturated carbocycles. The summed E-state index contributed by atoms with van der Waals surface area (Å²) < 4.78 is 37.1. The molecule has 0 aliphatic heterocycles. The second-order valence-electron chi connectivity index (χ2n) is 16.3. The lowest BCUT2D eigenvalue weighted by atomic mass is 9.82. The number of carbonyl (C=O) groups is 2. The molecule has 4 aromatic carbocycles. The molecule has 2 aromatic heterocycles. The zero-order valence-electron chi connectivity index (χ0n) is 34.2. The summed E-state index contributed by atoms with van der Waals surface area (Å²) in [5.74, 6) is 3.20. The summed E-state index contributed by atoms with van der Waals surface area (Å²) in [6.07, 6.45) is 0.649. The number of ether oxygens (including phenoxy) is 2. The average Bonchev–Trinajstić information content (AvgIpc) is 3.86. The molecule has 0 aliphatic rings. The van der Waals surface area contributed by atoms with Crippen molar-refractivity contribution < 1.29 is 32.5 Å². The SMILES string of the molecule is Cc1ccc(COc2ccc(NC(=O)Nc3cc(C(C)(C)C)on3)cc2)cc1CC(C)(C)c1cc(NC(=O)Nc2ccc(OCc3ccc(C(C)(F)P)cc3)cc2)no1. The fourth-order valence-corrected chi connectivity index (χ4v) is 6.19. The molecule has 2 unspecified atom stereocenters. The number of halogens is 1. The number of aryl methyl sites for hydroxylation is 1. The Hall–Kier alpha value is -6.20. The van der Waals surface area contributed by atoms with Gasteiger partial charge in [0.05, 0.1) is 0 Å². The van der Waals surface area contributed by atoms with Crippen molar-refractivity contribution in [1.29, 1.82) is 0 Å². The van der Waals surface area contributed by atoms with Gasteiger partial charge in [0.15, 0.2) is 11.6 Å². The fourth-order valence-electron chi connectivity index (χ4n) is 6.00. The summed E-state index contributed by atoms with van der Waals surface area (Å²) in [7, 11) is 2.19. The second kappa shape index (κ2) is 17.7. The summed E-state index contributed by atoms with van der Waals surface area (Å²) in [5, 5.41) is 17.6. The predicted octanol–water partition coefficient (Wildman–Crippen LogP) is 11.3. The first-order chi connectivity index (χ1) is 27.9. The third kappa shape index (κ3) is 11.9. The molecule has 0 fully saturated rings. The van der Waals surface area contributed by atoms with E-state index in [2.05, 4.69) is 73.7 Å². The van der Waals surface area contributed by atoms with Gasteiger partial charge in [-0.15, -0.1) is 0 Å². The Morgan fingerprint density at radius 3 is 1.61 bits per heavy atom. The van der Waals surface area contributed by atoms with E-state index in [-0.39, 0.29) is 11.2 Å². The molecule has 59 heavy (non-hydrogen) atoms. The third-order valence-electron chi connectivity index (χ3n) is 9.51. The van der Waals surface area contributed by atoms with E-state index in [0.29, 0.717) is 65.4 Å². The highest BCUT2D eigenvalue weighted by Gasteiger charge is 2.28. The van der Waals surface area contributed by atoms with E-state index in [1.165, 1.54) is 6.92 Å². The molecule has 2 atom stereocenters. The van der Waals surface area contributed by atoms with E-state index in [0.717, 1.165) is 22.3 Å². The molecule has 0 bridgehead atoms. The number of alkyl halides is 1. The fraction of sp³-hybridized carbons (Fsp3) is 0.289. The van der Waals surface area contributed by atoms with Crippen LogP contribution in [-0.2, 0) is 35.9 Å². The number of hydrogen-bond donors (Lipinski definition) is 4. The van der Waals surface area contributed by atoms with Gasteiger partial charge in [-0.2, -0.15) is 0 Å². The van der Waals surface area contributed by atoms with Crippen molar-refractivity contribution in [3.05, 3.63) is 142 Å². The van der Waals surface area contributed by atoms with Crippen molar-refractivity contribution in [2.45, 2.75) is 84.3 Å². The lowest BCUT2D eigenvalue weighted by molar-refractivity contribution is 0.261. The second-order valence-corrected chi connectivity index (χ2v) is 17.4. The molecule has 12 nitrogen and oxygen atoms in total. The van der Waals surface area contributed by atoms with Gasteiger partial charge in [-0.25, -0.2) is 14.0 Å². The van der Waals surface area contributed by atoms with Crippen LogP contribution in [0.2, 0.25) is 0 Å². The molecule has 14 heteroatoms. The molecule has 0 saturated heterocycles. The summed E-state index contributed by atoms with van der Waals surface area (Å²) in [6.45, 7) is 14.4. The van der Waals surface area contributed by atoms with Gasteiger partial charge in [-0.1, -0.05) is 96.6 Å². The zero-order chi connectivity index (χ0) is 42.4. The maximum Gasteiger partial charge on any atom is 0.324 e. The lowest BCUT2D eigenvalue weighted by Crippen LogP contribution is -2.21. The van der Waals surface area contributed by atoms with E-state index in [1.807, 2.05) is 39.0 Å². The quantitative estimate of drug-likeness (QED) is 0.0792. The average molecular weight is 821 g/mol. The number of aromatic nitrogens is 2. The lowest BCUT2D eigenvalue weighted by Gasteiger charge is -2.23. The maximum atomic E-state index is 14.1. The number of nitrogens with one attached hydrogen (secondary N) is 4. The number of anilines is 4. The Kier molecular flexibility index (Phi) is 12.8. The Labute approximate surface area is 345 Å². The first-order valence-corrected chi connectivity index (χ1v) is 19.7. The van der Waals surface area contributed by atoms with Gasteiger partial charge < -0.3 is 29.2 Å². The highest BCUT2D eigenvalue weighted by molar-refractivity contribution is 7.18. The summed E-state index contributed by atoms with van der Waals surface area (Å²) in [6, 6.07) is 30.0. The van der Waals surface area contributed by atoms with Crippen LogP contribution in [0.3, 0.4) is 0 Å². The van der Waals surface area contributed by atoms with E-state index in [1.54, 1.807) is 72.8 Å². The predicted molar refractivity (Wildman–Crippen MR) is 231 cm³/mol.